The minimum atomic E-state index is 0.239. The molecule has 0 amide bonds. The van der Waals surface area contributed by atoms with E-state index < -0.39 is 0 Å². The first-order valence-corrected chi connectivity index (χ1v) is 3.96. The fourth-order valence-electron chi connectivity index (χ4n) is 1.73. The third kappa shape index (κ3) is 0.878. The summed E-state index contributed by atoms with van der Waals surface area (Å²) >= 11 is 0. The number of imidazole rings is 1. The summed E-state index contributed by atoms with van der Waals surface area (Å²) in [6.07, 6.45) is 3.96. The van der Waals surface area contributed by atoms with Gasteiger partial charge in [0, 0.05) is 5.69 Å². The van der Waals surface area contributed by atoms with E-state index in [1.807, 2.05) is 13.3 Å². The molecule has 1 atom stereocenters. The average molecular weight is 152 g/mol. The van der Waals surface area contributed by atoms with Gasteiger partial charge >= 0.3 is 0 Å². The van der Waals surface area contributed by atoms with E-state index >= 15 is 0 Å². The van der Waals surface area contributed by atoms with Crippen molar-refractivity contribution in [2.45, 2.75) is 25.8 Å². The molecule has 0 saturated heterocycles. The molecule has 0 saturated carbocycles. The minimum absolute atomic E-state index is 0.239. The van der Waals surface area contributed by atoms with Crippen LogP contribution in [0.15, 0.2) is 6.33 Å². The van der Waals surface area contributed by atoms with Gasteiger partial charge in [-0.3, -0.25) is 0 Å². The normalized spacial score (nSPS) is 22.2. The van der Waals surface area contributed by atoms with Gasteiger partial charge in [0.05, 0.1) is 24.7 Å². The van der Waals surface area contributed by atoms with Gasteiger partial charge in [-0.05, 0) is 19.8 Å². The maximum Gasteiger partial charge on any atom is 0.0954 e. The summed E-state index contributed by atoms with van der Waals surface area (Å²) in [4.78, 5) is 4.19. The third-order valence-corrected chi connectivity index (χ3v) is 2.42. The Balaban J connectivity index is 2.40. The lowest BCUT2D eigenvalue weighted by Crippen LogP contribution is -2.06. The summed E-state index contributed by atoms with van der Waals surface area (Å²) in [5, 5.41) is 8.97. The van der Waals surface area contributed by atoms with E-state index in [-0.39, 0.29) is 12.6 Å². The molecule has 0 radical (unpaired) electrons. The summed E-state index contributed by atoms with van der Waals surface area (Å²) in [5.41, 5.74) is 2.41. The van der Waals surface area contributed by atoms with Crippen molar-refractivity contribution in [2.75, 3.05) is 6.61 Å². The van der Waals surface area contributed by atoms with Crippen molar-refractivity contribution in [3.63, 3.8) is 0 Å². The van der Waals surface area contributed by atoms with Crippen LogP contribution in [0.5, 0.6) is 0 Å². The van der Waals surface area contributed by atoms with E-state index in [0.717, 1.165) is 18.5 Å². The Kier molecular flexibility index (Phi) is 1.46. The molecule has 2 rings (SSSR count). The van der Waals surface area contributed by atoms with Crippen LogP contribution in [0.25, 0.3) is 0 Å². The van der Waals surface area contributed by atoms with Gasteiger partial charge in [-0.25, -0.2) is 4.98 Å². The molecular formula is C8H12N2O. The summed E-state index contributed by atoms with van der Waals surface area (Å²) in [7, 11) is 0. The van der Waals surface area contributed by atoms with Crippen molar-refractivity contribution >= 4 is 0 Å². The highest BCUT2D eigenvalue weighted by molar-refractivity contribution is 5.16. The predicted octanol–water partition coefficient (Wildman–Crippen LogP) is 0.671. The molecule has 1 unspecified atom stereocenters. The van der Waals surface area contributed by atoms with Crippen LogP contribution in [0.1, 0.15) is 23.9 Å². The maximum atomic E-state index is 8.97. The van der Waals surface area contributed by atoms with Crippen LogP contribution in [0.4, 0.5) is 0 Å². The number of hydrogen-bond donors (Lipinski definition) is 1. The van der Waals surface area contributed by atoms with Crippen LogP contribution in [-0.4, -0.2) is 21.3 Å². The number of aliphatic hydroxyl groups excluding tert-OH is 1. The van der Waals surface area contributed by atoms with Crippen molar-refractivity contribution in [1.29, 1.82) is 0 Å². The smallest absolute Gasteiger partial charge is 0.0954 e. The lowest BCUT2D eigenvalue weighted by atomic mass is 10.2. The summed E-state index contributed by atoms with van der Waals surface area (Å²) in [6.45, 7) is 2.26. The van der Waals surface area contributed by atoms with Crippen LogP contribution in [0.2, 0.25) is 0 Å². The fraction of sp³-hybridized carbons (Fsp3) is 0.625. The van der Waals surface area contributed by atoms with Gasteiger partial charge in [0.25, 0.3) is 0 Å². The summed E-state index contributed by atoms with van der Waals surface area (Å²) in [5.74, 6) is 0. The van der Waals surface area contributed by atoms with Gasteiger partial charge in [0.1, 0.15) is 0 Å². The minimum Gasteiger partial charge on any atom is -0.394 e. The van der Waals surface area contributed by atoms with Crippen LogP contribution in [-0.2, 0) is 6.42 Å². The molecule has 0 aromatic carbocycles. The molecule has 2 heterocycles. The van der Waals surface area contributed by atoms with Gasteiger partial charge in [-0.2, -0.15) is 0 Å². The molecule has 1 aromatic rings. The lowest BCUT2D eigenvalue weighted by Gasteiger charge is -2.06. The molecule has 11 heavy (non-hydrogen) atoms. The molecule has 0 spiro atoms. The van der Waals surface area contributed by atoms with E-state index in [1.54, 1.807) is 0 Å². The Morgan fingerprint density at radius 2 is 2.64 bits per heavy atom. The van der Waals surface area contributed by atoms with E-state index in [4.69, 9.17) is 5.11 Å². The van der Waals surface area contributed by atoms with E-state index in [2.05, 4.69) is 9.55 Å². The number of rotatable bonds is 1. The molecule has 1 aromatic heterocycles. The first-order chi connectivity index (χ1) is 5.33. The van der Waals surface area contributed by atoms with Gasteiger partial charge < -0.3 is 9.67 Å². The van der Waals surface area contributed by atoms with Crippen LogP contribution >= 0.6 is 0 Å². The third-order valence-electron chi connectivity index (χ3n) is 2.42. The zero-order valence-electron chi connectivity index (χ0n) is 6.62. The molecule has 1 aliphatic rings. The van der Waals surface area contributed by atoms with Crippen molar-refractivity contribution < 1.29 is 5.11 Å². The van der Waals surface area contributed by atoms with Gasteiger partial charge in [0.15, 0.2) is 0 Å². The monoisotopic (exact) mass is 152 g/mol. The van der Waals surface area contributed by atoms with E-state index in [1.165, 1.54) is 5.69 Å². The predicted molar refractivity (Wildman–Crippen MR) is 41.4 cm³/mol. The Hall–Kier alpha value is -0.830. The first kappa shape index (κ1) is 6.85. The highest BCUT2D eigenvalue weighted by Crippen LogP contribution is 2.26. The number of aromatic nitrogens is 2. The van der Waals surface area contributed by atoms with Crippen LogP contribution in [0.3, 0.4) is 0 Å². The molecule has 0 fully saturated rings. The van der Waals surface area contributed by atoms with Crippen molar-refractivity contribution in [2.24, 2.45) is 0 Å². The molecule has 1 N–H and O–H groups in total. The second-order valence-corrected chi connectivity index (χ2v) is 3.06. The average Bonchev–Trinajstić information content (AvgIpc) is 2.53. The maximum absolute atomic E-state index is 8.97. The molecule has 3 heteroatoms. The fourth-order valence-corrected chi connectivity index (χ4v) is 1.73. The SMILES string of the molecule is Cc1ncn2c1CCC2CO. The Labute approximate surface area is 65.7 Å². The number of hydrogen-bond acceptors (Lipinski definition) is 2. The molecule has 3 nitrogen and oxygen atoms in total. The summed E-state index contributed by atoms with van der Waals surface area (Å²) < 4.78 is 2.09. The molecular weight excluding hydrogens is 140 g/mol. The number of aliphatic hydroxyl groups is 1. The van der Waals surface area contributed by atoms with Crippen molar-refractivity contribution in [3.05, 3.63) is 17.7 Å². The molecule has 1 aliphatic heterocycles. The van der Waals surface area contributed by atoms with Crippen molar-refractivity contribution in [1.82, 2.24) is 9.55 Å². The number of fused-ring (bicyclic) bond motifs is 1. The van der Waals surface area contributed by atoms with E-state index in [9.17, 15) is 0 Å². The molecule has 0 bridgehead atoms. The zero-order chi connectivity index (χ0) is 7.84. The molecule has 0 aliphatic carbocycles. The lowest BCUT2D eigenvalue weighted by molar-refractivity contribution is 0.232. The van der Waals surface area contributed by atoms with E-state index in [0.29, 0.717) is 0 Å². The highest BCUT2D eigenvalue weighted by Gasteiger charge is 2.22. The largest absolute Gasteiger partial charge is 0.394 e. The highest BCUT2D eigenvalue weighted by atomic mass is 16.3. The molecule has 60 valence electrons. The topological polar surface area (TPSA) is 38.0 Å². The standard InChI is InChI=1S/C8H12N2O/c1-6-8-3-2-7(4-11)10(8)5-9-6/h5,7,11H,2-4H2,1H3. The Bertz CT molecular complexity index is 267. The zero-order valence-corrected chi connectivity index (χ0v) is 6.62. The van der Waals surface area contributed by atoms with Crippen molar-refractivity contribution in [3.8, 4) is 0 Å². The van der Waals surface area contributed by atoms with Crippen LogP contribution in [0, 0.1) is 6.92 Å². The van der Waals surface area contributed by atoms with Gasteiger partial charge in [0.2, 0.25) is 0 Å². The van der Waals surface area contributed by atoms with Gasteiger partial charge in [-0.15, -0.1) is 0 Å². The second-order valence-electron chi connectivity index (χ2n) is 3.06. The quantitative estimate of drug-likeness (QED) is 0.642. The second kappa shape index (κ2) is 2.34. The van der Waals surface area contributed by atoms with Crippen LogP contribution < -0.4 is 0 Å². The Morgan fingerprint density at radius 1 is 1.82 bits per heavy atom. The van der Waals surface area contributed by atoms with Gasteiger partial charge in [-0.1, -0.05) is 0 Å². The summed E-state index contributed by atoms with van der Waals surface area (Å²) in [6, 6.07) is 0.284. The Morgan fingerprint density at radius 3 is 3.36 bits per heavy atom. The number of aryl methyl sites for hydroxylation is 1. The number of nitrogens with zero attached hydrogens (tertiary/aromatic N) is 2. The first-order valence-electron chi connectivity index (χ1n) is 3.96.